The average Bonchev–Trinajstić information content (AvgIpc) is 3.01. The number of amides is 1. The molecule has 1 fully saturated rings. The largest absolute Gasteiger partial charge is 0.357 e. The first-order valence-corrected chi connectivity index (χ1v) is 9.72. The summed E-state index contributed by atoms with van der Waals surface area (Å²) in [6.07, 6.45) is 0.964. The molecule has 0 bridgehead atoms. The molecule has 0 radical (unpaired) electrons. The summed E-state index contributed by atoms with van der Waals surface area (Å²) in [6.45, 7) is 15.5. The maximum Gasteiger partial charge on any atom is 0.225 e. The van der Waals surface area contributed by atoms with Gasteiger partial charge >= 0.3 is 0 Å². The third kappa shape index (κ3) is 5.23. The van der Waals surface area contributed by atoms with Gasteiger partial charge in [-0.05, 0) is 50.8 Å². The van der Waals surface area contributed by atoms with Crippen LogP contribution in [0.2, 0.25) is 0 Å². The molecule has 1 aliphatic rings. The molecule has 5 nitrogen and oxygen atoms in total. The van der Waals surface area contributed by atoms with Gasteiger partial charge in [0.2, 0.25) is 5.91 Å². The summed E-state index contributed by atoms with van der Waals surface area (Å²) in [5.41, 5.74) is 5.16. The van der Waals surface area contributed by atoms with Crippen LogP contribution in [0.4, 0.5) is 0 Å². The SMILES string of the molecule is CCNC(=NCc1c(C)cc(C)cc1C)NC1CCN(C(=O)C(C)C)C1. The van der Waals surface area contributed by atoms with E-state index in [0.29, 0.717) is 6.54 Å². The van der Waals surface area contributed by atoms with Crippen LogP contribution >= 0.6 is 0 Å². The smallest absolute Gasteiger partial charge is 0.225 e. The minimum atomic E-state index is 0.0585. The number of hydrogen-bond acceptors (Lipinski definition) is 2. The predicted octanol–water partition coefficient (Wildman–Crippen LogP) is 2.92. The third-order valence-electron chi connectivity index (χ3n) is 4.91. The second kappa shape index (κ2) is 9.06. The van der Waals surface area contributed by atoms with Gasteiger partial charge in [0.1, 0.15) is 0 Å². The van der Waals surface area contributed by atoms with Gasteiger partial charge in [-0.3, -0.25) is 4.79 Å². The number of nitrogens with one attached hydrogen (secondary N) is 2. The van der Waals surface area contributed by atoms with E-state index < -0.39 is 0 Å². The molecule has 2 N–H and O–H groups in total. The molecule has 1 aromatic carbocycles. The zero-order valence-corrected chi connectivity index (χ0v) is 17.1. The molecule has 0 aromatic heterocycles. The molecule has 5 heteroatoms. The van der Waals surface area contributed by atoms with Crippen molar-refractivity contribution in [2.75, 3.05) is 19.6 Å². The fraction of sp³-hybridized carbons (Fsp3) is 0.619. The van der Waals surface area contributed by atoms with Gasteiger partial charge in [0.25, 0.3) is 0 Å². The first-order chi connectivity index (χ1) is 12.3. The van der Waals surface area contributed by atoms with E-state index in [0.717, 1.165) is 32.0 Å². The van der Waals surface area contributed by atoms with Crippen LogP contribution in [0.3, 0.4) is 0 Å². The van der Waals surface area contributed by atoms with Crippen LogP contribution in [0.1, 0.15) is 49.4 Å². The number of carbonyl (C=O) groups excluding carboxylic acids is 1. The summed E-state index contributed by atoms with van der Waals surface area (Å²) in [7, 11) is 0. The average molecular weight is 359 g/mol. The lowest BCUT2D eigenvalue weighted by molar-refractivity contribution is -0.133. The highest BCUT2D eigenvalue weighted by molar-refractivity contribution is 5.81. The fourth-order valence-corrected chi connectivity index (χ4v) is 3.57. The summed E-state index contributed by atoms with van der Waals surface area (Å²) in [5.74, 6) is 1.13. The molecule has 2 rings (SSSR count). The van der Waals surface area contributed by atoms with Crippen molar-refractivity contribution in [3.05, 3.63) is 34.4 Å². The van der Waals surface area contributed by atoms with Gasteiger partial charge < -0.3 is 15.5 Å². The summed E-state index contributed by atoms with van der Waals surface area (Å²) in [4.78, 5) is 18.9. The number of benzene rings is 1. The number of nitrogens with zero attached hydrogens (tertiary/aromatic N) is 2. The minimum Gasteiger partial charge on any atom is -0.357 e. The predicted molar refractivity (Wildman–Crippen MR) is 108 cm³/mol. The molecule has 26 heavy (non-hydrogen) atoms. The lowest BCUT2D eigenvalue weighted by Crippen LogP contribution is -2.45. The normalized spacial score (nSPS) is 17.7. The summed E-state index contributed by atoms with van der Waals surface area (Å²) < 4.78 is 0. The van der Waals surface area contributed by atoms with Crippen molar-refractivity contribution in [1.29, 1.82) is 0 Å². The molecule has 1 aromatic rings. The maximum absolute atomic E-state index is 12.2. The van der Waals surface area contributed by atoms with Crippen molar-refractivity contribution in [3.8, 4) is 0 Å². The Balaban J connectivity index is 2.03. The maximum atomic E-state index is 12.2. The second-order valence-electron chi connectivity index (χ2n) is 7.64. The Bertz CT molecular complexity index is 643. The van der Waals surface area contributed by atoms with Gasteiger partial charge in [0.05, 0.1) is 6.54 Å². The molecule has 0 spiro atoms. The second-order valence-corrected chi connectivity index (χ2v) is 7.64. The van der Waals surface area contributed by atoms with Crippen LogP contribution in [0.15, 0.2) is 17.1 Å². The third-order valence-corrected chi connectivity index (χ3v) is 4.91. The molecule has 1 atom stereocenters. The molecule has 0 saturated carbocycles. The van der Waals surface area contributed by atoms with Crippen LogP contribution in [-0.2, 0) is 11.3 Å². The summed E-state index contributed by atoms with van der Waals surface area (Å²) >= 11 is 0. The Morgan fingerprint density at radius 2 is 1.92 bits per heavy atom. The van der Waals surface area contributed by atoms with Crippen LogP contribution in [-0.4, -0.2) is 42.4 Å². The minimum absolute atomic E-state index is 0.0585. The highest BCUT2D eigenvalue weighted by atomic mass is 16.2. The molecule has 1 amide bonds. The van der Waals surface area contributed by atoms with Crippen LogP contribution in [0.5, 0.6) is 0 Å². The Morgan fingerprint density at radius 1 is 1.27 bits per heavy atom. The molecule has 0 aliphatic carbocycles. The lowest BCUT2D eigenvalue weighted by atomic mass is 10.00. The van der Waals surface area contributed by atoms with Gasteiger partial charge in [0, 0.05) is 31.6 Å². The topological polar surface area (TPSA) is 56.7 Å². The van der Waals surface area contributed by atoms with Crippen LogP contribution in [0, 0.1) is 26.7 Å². The van der Waals surface area contributed by atoms with E-state index in [1.54, 1.807) is 0 Å². The number of guanidine groups is 1. The molecule has 1 aliphatic heterocycles. The van der Waals surface area contributed by atoms with Crippen molar-refractivity contribution in [1.82, 2.24) is 15.5 Å². The Labute approximate surface area is 158 Å². The molecular weight excluding hydrogens is 324 g/mol. The van der Waals surface area contributed by atoms with E-state index >= 15 is 0 Å². The van der Waals surface area contributed by atoms with E-state index in [1.807, 2.05) is 18.7 Å². The number of likely N-dealkylation sites (tertiary alicyclic amines) is 1. The Hall–Kier alpha value is -2.04. The van der Waals surface area contributed by atoms with Crippen molar-refractivity contribution in [3.63, 3.8) is 0 Å². The Morgan fingerprint density at radius 3 is 2.50 bits per heavy atom. The number of rotatable bonds is 5. The molecule has 144 valence electrons. The van der Waals surface area contributed by atoms with Gasteiger partial charge in [-0.25, -0.2) is 4.99 Å². The van der Waals surface area contributed by atoms with Crippen LogP contribution in [0.25, 0.3) is 0 Å². The van der Waals surface area contributed by atoms with E-state index in [4.69, 9.17) is 4.99 Å². The number of aryl methyl sites for hydroxylation is 3. The fourth-order valence-electron chi connectivity index (χ4n) is 3.57. The van der Waals surface area contributed by atoms with Gasteiger partial charge in [0.15, 0.2) is 5.96 Å². The number of hydrogen-bond donors (Lipinski definition) is 2. The lowest BCUT2D eigenvalue weighted by Gasteiger charge is -2.20. The number of carbonyl (C=O) groups is 1. The number of aliphatic imine (C=N–C) groups is 1. The molecule has 1 heterocycles. The van der Waals surface area contributed by atoms with Crippen molar-refractivity contribution >= 4 is 11.9 Å². The van der Waals surface area contributed by atoms with Crippen molar-refractivity contribution in [2.24, 2.45) is 10.9 Å². The zero-order valence-electron chi connectivity index (χ0n) is 17.1. The van der Waals surface area contributed by atoms with Crippen molar-refractivity contribution in [2.45, 2.75) is 60.5 Å². The van der Waals surface area contributed by atoms with E-state index in [1.165, 1.54) is 22.3 Å². The highest BCUT2D eigenvalue weighted by Gasteiger charge is 2.27. The van der Waals surface area contributed by atoms with Gasteiger partial charge in [-0.15, -0.1) is 0 Å². The zero-order chi connectivity index (χ0) is 19.3. The van der Waals surface area contributed by atoms with E-state index in [-0.39, 0.29) is 17.9 Å². The van der Waals surface area contributed by atoms with Gasteiger partial charge in [-0.1, -0.05) is 31.5 Å². The molecule has 1 unspecified atom stereocenters. The quantitative estimate of drug-likeness (QED) is 0.628. The summed E-state index contributed by atoms with van der Waals surface area (Å²) in [6, 6.07) is 4.69. The monoisotopic (exact) mass is 358 g/mol. The van der Waals surface area contributed by atoms with E-state index in [2.05, 4.69) is 50.5 Å². The van der Waals surface area contributed by atoms with Crippen molar-refractivity contribution < 1.29 is 4.79 Å². The van der Waals surface area contributed by atoms with Crippen LogP contribution < -0.4 is 10.6 Å². The molecule has 1 saturated heterocycles. The standard InChI is InChI=1S/C21H34N4O/c1-7-22-21(23-12-19-16(5)10-15(4)11-17(19)6)24-18-8-9-25(13-18)20(26)14(2)3/h10-11,14,18H,7-9,12-13H2,1-6H3,(H2,22,23,24). The highest BCUT2D eigenvalue weighted by Crippen LogP contribution is 2.17. The summed E-state index contributed by atoms with van der Waals surface area (Å²) in [5, 5.41) is 6.84. The van der Waals surface area contributed by atoms with E-state index in [9.17, 15) is 4.79 Å². The first kappa shape index (κ1) is 20.3. The Kier molecular flexibility index (Phi) is 7.06. The molecular formula is C21H34N4O. The first-order valence-electron chi connectivity index (χ1n) is 9.72. The van der Waals surface area contributed by atoms with Gasteiger partial charge in [-0.2, -0.15) is 0 Å².